The van der Waals surface area contributed by atoms with Gasteiger partial charge in [-0.3, -0.25) is 0 Å². The quantitative estimate of drug-likeness (QED) is 0.568. The predicted octanol–water partition coefficient (Wildman–Crippen LogP) is 2.31. The predicted molar refractivity (Wildman–Crippen MR) is 54.8 cm³/mol. The minimum atomic E-state index is -1.07. The van der Waals surface area contributed by atoms with Gasteiger partial charge in [0.15, 0.2) is 0 Å². The Labute approximate surface area is 81.6 Å². The summed E-state index contributed by atoms with van der Waals surface area (Å²) in [5, 5.41) is 17.3. The minimum Gasteiger partial charge on any atom is -0.516 e. The molecule has 14 heavy (non-hydrogen) atoms. The lowest BCUT2D eigenvalue weighted by Gasteiger charge is -2.04. The van der Waals surface area contributed by atoms with E-state index in [0.29, 0.717) is 11.1 Å². The number of carbonyl (C=O) groups is 1. The molecule has 0 heterocycles. The summed E-state index contributed by atoms with van der Waals surface area (Å²) in [6.45, 7) is 3.45. The molecular weight excluding hydrogens is 180 g/mol. The maximum absolute atomic E-state index is 10.7. The highest BCUT2D eigenvalue weighted by Crippen LogP contribution is 2.18. The van der Waals surface area contributed by atoms with Crippen molar-refractivity contribution < 1.29 is 15.0 Å². The number of carboxylic acid groups (broad SMARTS) is 1. The second-order valence-corrected chi connectivity index (χ2v) is 2.69. The molecule has 0 fully saturated rings. The van der Waals surface area contributed by atoms with Gasteiger partial charge in [-0.25, -0.2) is 4.79 Å². The van der Waals surface area contributed by atoms with E-state index < -0.39 is 5.97 Å². The van der Waals surface area contributed by atoms with Crippen LogP contribution in [-0.4, -0.2) is 16.2 Å². The molecule has 0 amide bonds. The molecule has 0 atom stereocenters. The molecule has 1 rings (SSSR count). The minimum absolute atomic E-state index is 0.0127. The van der Waals surface area contributed by atoms with Crippen LogP contribution >= 0.6 is 0 Å². The van der Waals surface area contributed by atoms with E-state index >= 15 is 0 Å². The molecule has 0 saturated carbocycles. The summed E-state index contributed by atoms with van der Waals surface area (Å²) in [5.74, 6) is -1.07. The van der Waals surface area contributed by atoms with Crippen LogP contribution < -0.4 is 0 Å². The normalized spacial score (nSPS) is 10.3. The molecule has 0 aliphatic carbocycles. The van der Waals surface area contributed by atoms with Gasteiger partial charge in [-0.1, -0.05) is 30.8 Å². The van der Waals surface area contributed by atoms with Gasteiger partial charge in [-0.15, -0.1) is 0 Å². The van der Waals surface area contributed by atoms with Gasteiger partial charge in [0.05, 0.1) is 11.8 Å². The Morgan fingerprint density at radius 2 is 2.00 bits per heavy atom. The van der Waals surface area contributed by atoms with E-state index in [-0.39, 0.29) is 5.57 Å². The average molecular weight is 190 g/mol. The Hall–Kier alpha value is -2.03. The number of aliphatic hydroxyl groups is 1. The van der Waals surface area contributed by atoms with Gasteiger partial charge in [-0.2, -0.15) is 0 Å². The summed E-state index contributed by atoms with van der Waals surface area (Å²) in [7, 11) is 0. The Kier molecular flexibility index (Phi) is 3.07. The van der Waals surface area contributed by atoms with E-state index in [1.165, 1.54) is 6.08 Å². The second-order valence-electron chi connectivity index (χ2n) is 2.69. The summed E-state index contributed by atoms with van der Waals surface area (Å²) in [5.41, 5.74) is 1.14. The van der Waals surface area contributed by atoms with Gasteiger partial charge in [0.2, 0.25) is 0 Å². The molecule has 3 heteroatoms. The highest BCUT2D eigenvalue weighted by Gasteiger charge is 2.09. The number of hydrogen-bond acceptors (Lipinski definition) is 2. The van der Waals surface area contributed by atoms with E-state index in [1.807, 2.05) is 0 Å². The van der Waals surface area contributed by atoms with Crippen LogP contribution in [0.5, 0.6) is 0 Å². The molecule has 2 N–H and O–H groups in total. The van der Waals surface area contributed by atoms with Gasteiger partial charge < -0.3 is 10.2 Å². The molecule has 0 aliphatic heterocycles. The standard InChI is InChI=1S/C11H10O3/c1-8(11(13)14)10-5-3-2-4-9(10)6-7-12/h2-7,12H,1H2,(H,13,14)/b7-6+. The van der Waals surface area contributed by atoms with Gasteiger partial charge in [0, 0.05) is 0 Å². The number of benzene rings is 1. The first-order valence-electron chi connectivity index (χ1n) is 3.99. The maximum Gasteiger partial charge on any atom is 0.335 e. The molecule has 0 saturated heterocycles. The van der Waals surface area contributed by atoms with Crippen molar-refractivity contribution in [1.82, 2.24) is 0 Å². The fourth-order valence-corrected chi connectivity index (χ4v) is 1.11. The SMILES string of the molecule is C=C(C(=O)O)c1ccccc1/C=C/O. The Bertz CT molecular complexity index is 391. The average Bonchev–Trinajstić information content (AvgIpc) is 2.18. The van der Waals surface area contributed by atoms with Crippen LogP contribution in [0.25, 0.3) is 11.6 Å². The molecule has 3 nitrogen and oxygen atoms in total. The van der Waals surface area contributed by atoms with Crippen molar-refractivity contribution in [1.29, 1.82) is 0 Å². The molecule has 0 spiro atoms. The fourth-order valence-electron chi connectivity index (χ4n) is 1.11. The van der Waals surface area contributed by atoms with E-state index in [1.54, 1.807) is 24.3 Å². The fraction of sp³-hybridized carbons (Fsp3) is 0. The first kappa shape index (κ1) is 10.1. The molecule has 1 aromatic carbocycles. The Morgan fingerprint density at radius 3 is 2.57 bits per heavy atom. The molecular formula is C11H10O3. The highest BCUT2D eigenvalue weighted by atomic mass is 16.4. The molecule has 1 aromatic rings. The highest BCUT2D eigenvalue weighted by molar-refractivity contribution is 6.15. The summed E-state index contributed by atoms with van der Waals surface area (Å²) < 4.78 is 0. The van der Waals surface area contributed by atoms with Gasteiger partial charge >= 0.3 is 5.97 Å². The lowest BCUT2D eigenvalue weighted by atomic mass is 10.0. The Morgan fingerprint density at radius 1 is 1.36 bits per heavy atom. The smallest absolute Gasteiger partial charge is 0.335 e. The third-order valence-corrected chi connectivity index (χ3v) is 1.80. The van der Waals surface area contributed by atoms with Crippen LogP contribution in [0.15, 0.2) is 37.1 Å². The van der Waals surface area contributed by atoms with Crippen molar-refractivity contribution in [3.8, 4) is 0 Å². The summed E-state index contributed by atoms with van der Waals surface area (Å²) in [4.78, 5) is 10.7. The largest absolute Gasteiger partial charge is 0.516 e. The Balaban J connectivity index is 3.19. The number of aliphatic hydroxyl groups excluding tert-OH is 1. The van der Waals surface area contributed by atoms with Crippen LogP contribution in [0.2, 0.25) is 0 Å². The van der Waals surface area contributed by atoms with Crippen LogP contribution in [0.4, 0.5) is 0 Å². The molecule has 0 aromatic heterocycles. The van der Waals surface area contributed by atoms with Crippen molar-refractivity contribution >= 4 is 17.6 Å². The lowest BCUT2D eigenvalue weighted by molar-refractivity contribution is -0.130. The van der Waals surface area contributed by atoms with Crippen molar-refractivity contribution in [2.75, 3.05) is 0 Å². The number of carboxylic acids is 1. The zero-order valence-electron chi connectivity index (χ0n) is 7.47. The van der Waals surface area contributed by atoms with Gasteiger partial charge in [0.1, 0.15) is 0 Å². The van der Waals surface area contributed by atoms with Gasteiger partial charge in [0.25, 0.3) is 0 Å². The van der Waals surface area contributed by atoms with Crippen molar-refractivity contribution in [2.24, 2.45) is 0 Å². The second kappa shape index (κ2) is 4.28. The van der Waals surface area contributed by atoms with Crippen molar-refractivity contribution in [3.05, 3.63) is 48.2 Å². The lowest BCUT2D eigenvalue weighted by Crippen LogP contribution is -1.99. The zero-order chi connectivity index (χ0) is 10.6. The first-order valence-corrected chi connectivity index (χ1v) is 3.99. The van der Waals surface area contributed by atoms with Crippen molar-refractivity contribution in [2.45, 2.75) is 0 Å². The summed E-state index contributed by atoms with van der Waals surface area (Å²) in [6, 6.07) is 6.83. The van der Waals surface area contributed by atoms with Crippen molar-refractivity contribution in [3.63, 3.8) is 0 Å². The first-order chi connectivity index (χ1) is 6.66. The summed E-state index contributed by atoms with van der Waals surface area (Å²) in [6.07, 6.45) is 2.29. The molecule has 0 radical (unpaired) electrons. The number of aliphatic carboxylic acids is 1. The maximum atomic E-state index is 10.7. The number of hydrogen-bond donors (Lipinski definition) is 2. The third-order valence-electron chi connectivity index (χ3n) is 1.80. The van der Waals surface area contributed by atoms with Gasteiger partial charge in [-0.05, 0) is 17.2 Å². The van der Waals surface area contributed by atoms with E-state index in [4.69, 9.17) is 10.2 Å². The molecule has 0 unspecified atom stereocenters. The molecule has 0 bridgehead atoms. The van der Waals surface area contributed by atoms with Crippen LogP contribution in [-0.2, 0) is 4.79 Å². The van der Waals surface area contributed by atoms with Crippen LogP contribution in [0.1, 0.15) is 11.1 Å². The summed E-state index contributed by atoms with van der Waals surface area (Å²) >= 11 is 0. The topological polar surface area (TPSA) is 57.5 Å². The molecule has 72 valence electrons. The monoisotopic (exact) mass is 190 g/mol. The zero-order valence-corrected chi connectivity index (χ0v) is 7.47. The third kappa shape index (κ3) is 2.01. The van der Waals surface area contributed by atoms with Crippen LogP contribution in [0, 0.1) is 0 Å². The molecule has 0 aliphatic rings. The number of rotatable bonds is 3. The van der Waals surface area contributed by atoms with Crippen LogP contribution in [0.3, 0.4) is 0 Å². The van der Waals surface area contributed by atoms with E-state index in [9.17, 15) is 4.79 Å². The van der Waals surface area contributed by atoms with E-state index in [0.717, 1.165) is 6.26 Å². The van der Waals surface area contributed by atoms with E-state index in [2.05, 4.69) is 6.58 Å².